The summed E-state index contributed by atoms with van der Waals surface area (Å²) >= 11 is 0. The third kappa shape index (κ3) is 6.20. The first-order valence-electron chi connectivity index (χ1n) is 7.74. The van der Waals surface area contributed by atoms with E-state index in [1.807, 2.05) is 12.1 Å². The largest absolute Gasteiger partial charge is 0.497 e. The Bertz CT molecular complexity index is 468. The van der Waals surface area contributed by atoms with Crippen LogP contribution in [-0.4, -0.2) is 36.8 Å². The molecule has 0 aromatic heterocycles. The summed E-state index contributed by atoms with van der Waals surface area (Å²) in [6.45, 7) is 7.59. The minimum Gasteiger partial charge on any atom is -0.497 e. The molecule has 3 nitrogen and oxygen atoms in total. The van der Waals surface area contributed by atoms with Crippen LogP contribution in [-0.2, 0) is 6.54 Å². The second-order valence-electron chi connectivity index (χ2n) is 5.07. The van der Waals surface area contributed by atoms with Crippen LogP contribution in [0.15, 0.2) is 18.2 Å². The first kappa shape index (κ1) is 17.6. The van der Waals surface area contributed by atoms with Crippen molar-refractivity contribution in [3.63, 3.8) is 0 Å². The lowest BCUT2D eigenvalue weighted by molar-refractivity contribution is 0.266. The molecule has 1 aromatic rings. The molecule has 1 N–H and O–H groups in total. The zero-order valence-electron chi connectivity index (χ0n) is 13.5. The third-order valence-electron chi connectivity index (χ3n) is 3.25. The molecule has 0 unspecified atom stereocenters. The van der Waals surface area contributed by atoms with E-state index in [4.69, 9.17) is 9.84 Å². The number of rotatable bonds is 8. The SMILES string of the molecule is CCCN(CCC)Cc1cc(OC)ccc1C#CCCO. The molecule has 0 amide bonds. The summed E-state index contributed by atoms with van der Waals surface area (Å²) in [5, 5.41) is 8.85. The highest BCUT2D eigenvalue weighted by Gasteiger charge is 2.08. The zero-order valence-corrected chi connectivity index (χ0v) is 13.5. The summed E-state index contributed by atoms with van der Waals surface area (Å²) in [5.74, 6) is 7.04. The summed E-state index contributed by atoms with van der Waals surface area (Å²) in [5.41, 5.74) is 2.23. The molecule has 0 saturated heterocycles. The molecule has 0 bridgehead atoms. The highest BCUT2D eigenvalue weighted by molar-refractivity contribution is 5.45. The van der Waals surface area contributed by atoms with Gasteiger partial charge in [0, 0.05) is 18.5 Å². The Labute approximate surface area is 128 Å². The summed E-state index contributed by atoms with van der Waals surface area (Å²) in [6.07, 6.45) is 2.81. The van der Waals surface area contributed by atoms with Gasteiger partial charge in [-0.15, -0.1) is 0 Å². The third-order valence-corrected chi connectivity index (χ3v) is 3.25. The topological polar surface area (TPSA) is 32.7 Å². The maximum absolute atomic E-state index is 8.85. The van der Waals surface area contributed by atoms with Crippen molar-refractivity contribution in [1.82, 2.24) is 4.90 Å². The first-order valence-corrected chi connectivity index (χ1v) is 7.74. The van der Waals surface area contributed by atoms with E-state index in [1.165, 1.54) is 5.56 Å². The van der Waals surface area contributed by atoms with Gasteiger partial charge in [-0.25, -0.2) is 0 Å². The summed E-state index contributed by atoms with van der Waals surface area (Å²) in [7, 11) is 1.69. The van der Waals surface area contributed by atoms with Crippen LogP contribution in [0.4, 0.5) is 0 Å². The Morgan fingerprint density at radius 2 is 1.90 bits per heavy atom. The number of hydrogen-bond acceptors (Lipinski definition) is 3. The lowest BCUT2D eigenvalue weighted by Gasteiger charge is -2.22. The second kappa shape index (κ2) is 10.3. The van der Waals surface area contributed by atoms with Crippen LogP contribution in [0.3, 0.4) is 0 Å². The number of ether oxygens (including phenoxy) is 1. The molecule has 0 spiro atoms. The number of aliphatic hydroxyl groups is 1. The number of methoxy groups -OCH3 is 1. The van der Waals surface area contributed by atoms with Crippen LogP contribution in [0.1, 0.15) is 44.2 Å². The minimum absolute atomic E-state index is 0.107. The standard InChI is InChI=1S/C18H27NO2/c1-4-11-19(12-5-2)15-17-14-18(21-3)10-9-16(17)8-6-7-13-20/h9-10,14,20H,4-5,7,11-13,15H2,1-3H3. The fourth-order valence-corrected chi connectivity index (χ4v) is 2.31. The maximum atomic E-state index is 8.85. The van der Waals surface area contributed by atoms with Crippen molar-refractivity contribution >= 4 is 0 Å². The number of hydrogen-bond donors (Lipinski definition) is 1. The molecule has 116 valence electrons. The van der Waals surface area contributed by atoms with Crippen molar-refractivity contribution in [1.29, 1.82) is 0 Å². The molecule has 0 aliphatic carbocycles. The van der Waals surface area contributed by atoms with E-state index in [-0.39, 0.29) is 6.61 Å². The Kier molecular flexibility index (Phi) is 8.57. The van der Waals surface area contributed by atoms with Crippen LogP contribution in [0.5, 0.6) is 5.75 Å². The molecule has 1 rings (SSSR count). The Morgan fingerprint density at radius 3 is 2.48 bits per heavy atom. The quantitative estimate of drug-likeness (QED) is 0.747. The minimum atomic E-state index is 0.107. The van der Waals surface area contributed by atoms with Crippen molar-refractivity contribution in [3.8, 4) is 17.6 Å². The average molecular weight is 289 g/mol. The molecular formula is C18H27NO2. The van der Waals surface area contributed by atoms with E-state index in [0.29, 0.717) is 6.42 Å². The van der Waals surface area contributed by atoms with Crippen LogP contribution >= 0.6 is 0 Å². The predicted octanol–water partition coefficient (Wildman–Crippen LogP) is 3.05. The van der Waals surface area contributed by atoms with Crippen molar-refractivity contribution < 1.29 is 9.84 Å². The van der Waals surface area contributed by atoms with Crippen molar-refractivity contribution in [3.05, 3.63) is 29.3 Å². The van der Waals surface area contributed by atoms with Crippen molar-refractivity contribution in [2.24, 2.45) is 0 Å². The molecule has 0 radical (unpaired) electrons. The van der Waals surface area contributed by atoms with E-state index in [1.54, 1.807) is 7.11 Å². The van der Waals surface area contributed by atoms with Gasteiger partial charge in [-0.2, -0.15) is 0 Å². The molecule has 3 heteroatoms. The molecule has 0 heterocycles. The molecule has 0 aliphatic heterocycles. The number of benzene rings is 1. The summed E-state index contributed by atoms with van der Waals surface area (Å²) in [4.78, 5) is 2.45. The van der Waals surface area contributed by atoms with Gasteiger partial charge < -0.3 is 9.84 Å². The van der Waals surface area contributed by atoms with Gasteiger partial charge in [0.2, 0.25) is 0 Å². The van der Waals surface area contributed by atoms with Gasteiger partial charge in [-0.1, -0.05) is 25.7 Å². The second-order valence-corrected chi connectivity index (χ2v) is 5.07. The van der Waals surface area contributed by atoms with Gasteiger partial charge in [-0.3, -0.25) is 4.90 Å². The van der Waals surface area contributed by atoms with E-state index in [9.17, 15) is 0 Å². The molecule has 0 fully saturated rings. The highest BCUT2D eigenvalue weighted by Crippen LogP contribution is 2.19. The lowest BCUT2D eigenvalue weighted by Crippen LogP contribution is -2.25. The number of nitrogens with zero attached hydrogens (tertiary/aromatic N) is 1. The van der Waals surface area contributed by atoms with Crippen LogP contribution in [0.25, 0.3) is 0 Å². The van der Waals surface area contributed by atoms with Crippen molar-refractivity contribution in [2.45, 2.75) is 39.7 Å². The van der Waals surface area contributed by atoms with E-state index >= 15 is 0 Å². The molecule has 1 aromatic carbocycles. The van der Waals surface area contributed by atoms with Gasteiger partial charge in [0.1, 0.15) is 5.75 Å². The molecule has 0 aliphatic rings. The normalized spacial score (nSPS) is 10.3. The van der Waals surface area contributed by atoms with E-state index in [0.717, 1.165) is 43.8 Å². The molecule has 0 atom stereocenters. The average Bonchev–Trinajstić information content (AvgIpc) is 2.49. The van der Waals surface area contributed by atoms with Gasteiger partial charge in [0.25, 0.3) is 0 Å². The van der Waals surface area contributed by atoms with E-state index < -0.39 is 0 Å². The summed E-state index contributed by atoms with van der Waals surface area (Å²) in [6, 6.07) is 6.02. The van der Waals surface area contributed by atoms with Gasteiger partial charge in [-0.05, 0) is 49.7 Å². The predicted molar refractivity (Wildman–Crippen MR) is 87.4 cm³/mol. The highest BCUT2D eigenvalue weighted by atomic mass is 16.5. The van der Waals surface area contributed by atoms with Crippen LogP contribution < -0.4 is 4.74 Å². The fraction of sp³-hybridized carbons (Fsp3) is 0.556. The number of aliphatic hydroxyl groups excluding tert-OH is 1. The van der Waals surface area contributed by atoms with Gasteiger partial charge >= 0.3 is 0 Å². The summed E-state index contributed by atoms with van der Waals surface area (Å²) < 4.78 is 5.33. The molecule has 0 saturated carbocycles. The lowest BCUT2D eigenvalue weighted by atomic mass is 10.1. The first-order chi connectivity index (χ1) is 10.2. The van der Waals surface area contributed by atoms with Crippen molar-refractivity contribution in [2.75, 3.05) is 26.8 Å². The fourth-order valence-electron chi connectivity index (χ4n) is 2.31. The molecular weight excluding hydrogens is 262 g/mol. The Hall–Kier alpha value is -1.50. The van der Waals surface area contributed by atoms with Crippen LogP contribution in [0, 0.1) is 11.8 Å². The Balaban J connectivity index is 2.97. The smallest absolute Gasteiger partial charge is 0.119 e. The maximum Gasteiger partial charge on any atom is 0.119 e. The van der Waals surface area contributed by atoms with E-state index in [2.05, 4.69) is 36.7 Å². The van der Waals surface area contributed by atoms with Crippen LogP contribution in [0.2, 0.25) is 0 Å². The van der Waals surface area contributed by atoms with Gasteiger partial charge in [0.05, 0.1) is 13.7 Å². The monoisotopic (exact) mass is 289 g/mol. The molecule has 21 heavy (non-hydrogen) atoms. The Morgan fingerprint density at radius 1 is 1.19 bits per heavy atom. The van der Waals surface area contributed by atoms with Gasteiger partial charge in [0.15, 0.2) is 0 Å². The zero-order chi connectivity index (χ0) is 15.5.